The zero-order valence-electron chi connectivity index (χ0n) is 11.5. The van der Waals surface area contributed by atoms with Crippen molar-refractivity contribution >= 4 is 16.8 Å². The standard InChI is InChI=1S/C15H15FN2O3/c1-17-12-5-3-2-4-9(12)10(6-14(17)20)15(21)18-7-11(16)13(19)8-18/h2-6,11,13,19H,7-8H2,1H3/t11-,13-/m1/s1. The monoisotopic (exact) mass is 290 g/mol. The van der Waals surface area contributed by atoms with Gasteiger partial charge in [0.15, 0.2) is 0 Å². The highest BCUT2D eigenvalue weighted by Gasteiger charge is 2.35. The van der Waals surface area contributed by atoms with Crippen molar-refractivity contribution in [2.75, 3.05) is 13.1 Å². The molecule has 1 aliphatic rings. The van der Waals surface area contributed by atoms with Crippen molar-refractivity contribution in [2.24, 2.45) is 7.05 Å². The number of fused-ring (bicyclic) bond motifs is 1. The topological polar surface area (TPSA) is 62.5 Å². The summed E-state index contributed by atoms with van der Waals surface area (Å²) >= 11 is 0. The van der Waals surface area contributed by atoms with E-state index in [2.05, 4.69) is 0 Å². The molecule has 5 nitrogen and oxygen atoms in total. The number of hydrogen-bond donors (Lipinski definition) is 1. The minimum absolute atomic E-state index is 0.0520. The van der Waals surface area contributed by atoms with Gasteiger partial charge in [-0.05, 0) is 6.07 Å². The summed E-state index contributed by atoms with van der Waals surface area (Å²) < 4.78 is 14.9. The largest absolute Gasteiger partial charge is 0.388 e. The minimum atomic E-state index is -1.44. The molecule has 21 heavy (non-hydrogen) atoms. The Kier molecular flexibility index (Phi) is 3.25. The number of rotatable bonds is 1. The smallest absolute Gasteiger partial charge is 0.254 e. The second kappa shape index (κ2) is 4.96. The van der Waals surface area contributed by atoms with Gasteiger partial charge in [-0.2, -0.15) is 0 Å². The zero-order valence-corrected chi connectivity index (χ0v) is 11.5. The summed E-state index contributed by atoms with van der Waals surface area (Å²) in [6, 6.07) is 8.34. The number of aromatic nitrogens is 1. The fourth-order valence-corrected chi connectivity index (χ4v) is 2.67. The molecule has 1 aromatic carbocycles. The molecule has 3 rings (SSSR count). The number of aliphatic hydroxyl groups excluding tert-OH is 1. The van der Waals surface area contributed by atoms with E-state index in [1.165, 1.54) is 15.5 Å². The van der Waals surface area contributed by atoms with E-state index in [1.54, 1.807) is 31.3 Å². The number of pyridine rings is 1. The number of carbonyl (C=O) groups excluding carboxylic acids is 1. The molecular formula is C15H15FN2O3. The molecule has 0 bridgehead atoms. The van der Waals surface area contributed by atoms with Crippen LogP contribution in [-0.4, -0.2) is 45.8 Å². The predicted molar refractivity (Wildman–Crippen MR) is 76.0 cm³/mol. The van der Waals surface area contributed by atoms with Gasteiger partial charge < -0.3 is 14.6 Å². The van der Waals surface area contributed by atoms with Crippen LogP contribution in [0, 0.1) is 0 Å². The fourth-order valence-electron chi connectivity index (χ4n) is 2.67. The highest BCUT2D eigenvalue weighted by molar-refractivity contribution is 6.06. The molecule has 1 aliphatic heterocycles. The Morgan fingerprint density at radius 2 is 2.05 bits per heavy atom. The van der Waals surface area contributed by atoms with Gasteiger partial charge in [0.05, 0.1) is 17.6 Å². The third-order valence-corrected chi connectivity index (χ3v) is 3.89. The third-order valence-electron chi connectivity index (χ3n) is 3.89. The van der Waals surface area contributed by atoms with Crippen LogP contribution in [0.3, 0.4) is 0 Å². The van der Waals surface area contributed by atoms with E-state index in [0.29, 0.717) is 10.9 Å². The number of nitrogens with zero attached hydrogens (tertiary/aromatic N) is 2. The van der Waals surface area contributed by atoms with Crippen LogP contribution >= 0.6 is 0 Å². The van der Waals surface area contributed by atoms with Crippen molar-refractivity contribution < 1.29 is 14.3 Å². The molecule has 1 aromatic heterocycles. The van der Waals surface area contributed by atoms with Gasteiger partial charge in [0, 0.05) is 25.0 Å². The van der Waals surface area contributed by atoms with Crippen LogP contribution in [0.4, 0.5) is 4.39 Å². The van der Waals surface area contributed by atoms with Crippen LogP contribution in [0.15, 0.2) is 35.1 Å². The number of para-hydroxylation sites is 1. The molecular weight excluding hydrogens is 275 g/mol. The number of carbonyl (C=O) groups is 1. The Labute approximate surface area is 120 Å². The van der Waals surface area contributed by atoms with Crippen molar-refractivity contribution in [2.45, 2.75) is 12.3 Å². The van der Waals surface area contributed by atoms with Crippen LogP contribution < -0.4 is 5.56 Å². The van der Waals surface area contributed by atoms with Gasteiger partial charge in [0.1, 0.15) is 12.3 Å². The lowest BCUT2D eigenvalue weighted by atomic mass is 10.1. The predicted octanol–water partition coefficient (Wildman–Crippen LogP) is 0.693. The van der Waals surface area contributed by atoms with E-state index >= 15 is 0 Å². The van der Waals surface area contributed by atoms with Gasteiger partial charge in [0.25, 0.3) is 11.5 Å². The molecule has 2 aromatic rings. The molecule has 1 fully saturated rings. The zero-order chi connectivity index (χ0) is 15.1. The van der Waals surface area contributed by atoms with Crippen LogP contribution in [0.25, 0.3) is 10.9 Å². The molecule has 0 radical (unpaired) electrons. The number of aliphatic hydroxyl groups is 1. The number of alkyl halides is 1. The molecule has 110 valence electrons. The first kappa shape index (κ1) is 13.8. The Hall–Kier alpha value is -2.21. The summed E-state index contributed by atoms with van der Waals surface area (Å²) in [5.41, 5.74) is 0.591. The Balaban J connectivity index is 2.11. The van der Waals surface area contributed by atoms with Crippen LogP contribution in [0.2, 0.25) is 0 Å². The Morgan fingerprint density at radius 1 is 1.33 bits per heavy atom. The first-order chi connectivity index (χ1) is 9.99. The Morgan fingerprint density at radius 3 is 2.71 bits per heavy atom. The highest BCUT2D eigenvalue weighted by atomic mass is 19.1. The lowest BCUT2D eigenvalue weighted by molar-refractivity contribution is 0.0766. The van der Waals surface area contributed by atoms with Crippen molar-refractivity contribution in [1.29, 1.82) is 0 Å². The summed E-state index contributed by atoms with van der Waals surface area (Å²) in [7, 11) is 1.64. The van der Waals surface area contributed by atoms with Gasteiger partial charge >= 0.3 is 0 Å². The van der Waals surface area contributed by atoms with E-state index in [-0.39, 0.29) is 24.2 Å². The van der Waals surface area contributed by atoms with E-state index in [0.717, 1.165) is 0 Å². The summed E-state index contributed by atoms with van der Waals surface area (Å²) in [6.45, 7) is -0.201. The van der Waals surface area contributed by atoms with E-state index in [9.17, 15) is 19.1 Å². The van der Waals surface area contributed by atoms with E-state index < -0.39 is 18.2 Å². The second-order valence-corrected chi connectivity index (χ2v) is 5.27. The van der Waals surface area contributed by atoms with Gasteiger partial charge in [-0.1, -0.05) is 18.2 Å². The molecule has 0 saturated carbocycles. The molecule has 2 atom stereocenters. The number of aryl methyl sites for hydroxylation is 1. The minimum Gasteiger partial charge on any atom is -0.388 e. The van der Waals surface area contributed by atoms with Crippen LogP contribution in [0.1, 0.15) is 10.4 Å². The maximum absolute atomic E-state index is 13.4. The van der Waals surface area contributed by atoms with Crippen molar-refractivity contribution in [3.05, 3.63) is 46.2 Å². The third kappa shape index (κ3) is 2.21. The number of hydrogen-bond acceptors (Lipinski definition) is 3. The second-order valence-electron chi connectivity index (χ2n) is 5.27. The molecule has 0 unspecified atom stereocenters. The number of benzene rings is 1. The lowest BCUT2D eigenvalue weighted by Gasteiger charge is -2.17. The van der Waals surface area contributed by atoms with Gasteiger partial charge in [-0.3, -0.25) is 9.59 Å². The maximum atomic E-state index is 13.4. The van der Waals surface area contributed by atoms with Crippen molar-refractivity contribution in [3.8, 4) is 0 Å². The summed E-state index contributed by atoms with van der Waals surface area (Å²) in [5, 5.41) is 10.1. The fraction of sp³-hybridized carbons (Fsp3) is 0.333. The van der Waals surface area contributed by atoms with Gasteiger partial charge in [-0.15, -0.1) is 0 Å². The Bertz CT molecular complexity index is 761. The molecule has 1 saturated heterocycles. The number of β-amino-alcohol motifs (C(OH)–C–C–N with tert-alkyl or cyclic N) is 1. The van der Waals surface area contributed by atoms with E-state index in [1.807, 2.05) is 0 Å². The first-order valence-corrected chi connectivity index (χ1v) is 6.69. The molecule has 1 amide bonds. The number of amides is 1. The number of halogens is 1. The molecule has 2 heterocycles. The average Bonchev–Trinajstić information content (AvgIpc) is 2.82. The number of likely N-dealkylation sites (tertiary alicyclic amines) is 1. The quantitative estimate of drug-likeness (QED) is 0.840. The normalized spacial score (nSPS) is 22.0. The average molecular weight is 290 g/mol. The lowest BCUT2D eigenvalue weighted by Crippen LogP contribution is -2.31. The summed E-state index contributed by atoms with van der Waals surface area (Å²) in [6.07, 6.45) is -2.60. The molecule has 6 heteroatoms. The first-order valence-electron chi connectivity index (χ1n) is 6.69. The van der Waals surface area contributed by atoms with Crippen LogP contribution in [-0.2, 0) is 7.05 Å². The van der Waals surface area contributed by atoms with E-state index in [4.69, 9.17) is 0 Å². The van der Waals surface area contributed by atoms with Gasteiger partial charge in [-0.25, -0.2) is 4.39 Å². The van der Waals surface area contributed by atoms with Crippen molar-refractivity contribution in [3.63, 3.8) is 0 Å². The summed E-state index contributed by atoms with van der Waals surface area (Å²) in [5.74, 6) is -0.428. The summed E-state index contributed by atoms with van der Waals surface area (Å²) in [4.78, 5) is 25.7. The maximum Gasteiger partial charge on any atom is 0.254 e. The molecule has 0 spiro atoms. The molecule has 0 aliphatic carbocycles. The highest BCUT2D eigenvalue weighted by Crippen LogP contribution is 2.21. The van der Waals surface area contributed by atoms with Crippen molar-refractivity contribution in [1.82, 2.24) is 9.47 Å². The SMILES string of the molecule is Cn1c(=O)cc(C(=O)N2C[C@@H](O)[C@H](F)C2)c2ccccc21. The van der Waals surface area contributed by atoms with Gasteiger partial charge in [0.2, 0.25) is 0 Å². The van der Waals surface area contributed by atoms with Crippen LogP contribution in [0.5, 0.6) is 0 Å². The molecule has 1 N–H and O–H groups in total.